The van der Waals surface area contributed by atoms with E-state index in [4.69, 9.17) is 0 Å². The summed E-state index contributed by atoms with van der Waals surface area (Å²) in [5, 5.41) is 3.11. The Bertz CT molecular complexity index is 200. The zero-order chi connectivity index (χ0) is 13.4. The van der Waals surface area contributed by atoms with Crippen LogP contribution in [0.3, 0.4) is 0 Å². The van der Waals surface area contributed by atoms with Gasteiger partial charge in [0.15, 0.2) is 0 Å². The summed E-state index contributed by atoms with van der Waals surface area (Å²) in [4.78, 5) is 14.1. The van der Waals surface area contributed by atoms with Crippen molar-refractivity contribution in [2.75, 3.05) is 13.1 Å². The molecule has 3 heteroatoms. The largest absolute Gasteiger partial charge is 0.335 e. The molecular weight excluding hydrogens is 212 g/mol. The van der Waals surface area contributed by atoms with E-state index in [1.54, 1.807) is 0 Å². The maximum absolute atomic E-state index is 12.2. The normalized spacial score (nSPS) is 11.4. The molecule has 102 valence electrons. The lowest BCUT2D eigenvalue weighted by molar-refractivity contribution is 0.178. The van der Waals surface area contributed by atoms with E-state index < -0.39 is 0 Å². The summed E-state index contributed by atoms with van der Waals surface area (Å²) in [5.74, 6) is 1.03. The van der Waals surface area contributed by atoms with Crippen LogP contribution in [-0.4, -0.2) is 30.1 Å². The van der Waals surface area contributed by atoms with Gasteiger partial charge in [-0.05, 0) is 24.7 Å². The molecule has 0 atom stereocenters. The van der Waals surface area contributed by atoms with Crippen molar-refractivity contribution >= 4 is 6.03 Å². The van der Waals surface area contributed by atoms with Gasteiger partial charge in [-0.25, -0.2) is 4.79 Å². The molecule has 0 heterocycles. The van der Waals surface area contributed by atoms with Gasteiger partial charge >= 0.3 is 6.03 Å². The summed E-state index contributed by atoms with van der Waals surface area (Å²) in [6.07, 6.45) is 2.00. The van der Waals surface area contributed by atoms with E-state index in [9.17, 15) is 4.79 Å². The molecule has 0 aliphatic carbocycles. The molecule has 0 spiro atoms. The van der Waals surface area contributed by atoms with Crippen molar-refractivity contribution in [2.45, 2.75) is 60.4 Å². The number of carbonyl (C=O) groups excluding carboxylic acids is 1. The highest BCUT2D eigenvalue weighted by Gasteiger charge is 2.18. The van der Waals surface area contributed by atoms with Gasteiger partial charge in [0.25, 0.3) is 0 Å². The van der Waals surface area contributed by atoms with E-state index in [2.05, 4.69) is 46.9 Å². The molecular formula is C14H30N2O. The number of urea groups is 1. The Morgan fingerprint density at radius 2 is 1.41 bits per heavy atom. The number of hydrogen-bond acceptors (Lipinski definition) is 1. The molecule has 3 nitrogen and oxygen atoms in total. The summed E-state index contributed by atoms with van der Waals surface area (Å²) in [5.41, 5.74) is 0. The van der Waals surface area contributed by atoms with E-state index in [1.165, 1.54) is 0 Å². The fourth-order valence-corrected chi connectivity index (χ4v) is 1.88. The average molecular weight is 242 g/mol. The van der Waals surface area contributed by atoms with Crippen LogP contribution in [0.1, 0.15) is 54.4 Å². The summed E-state index contributed by atoms with van der Waals surface area (Å²) in [6, 6.07) is 0.408. The molecule has 1 N–H and O–H groups in total. The number of carbonyl (C=O) groups is 1. The Hall–Kier alpha value is -0.730. The Balaban J connectivity index is 4.40. The predicted octanol–water partition coefficient (Wildman–Crippen LogP) is 3.50. The third-order valence-corrected chi connectivity index (χ3v) is 2.77. The SMILES string of the molecule is CCC(CC)NC(=O)N(CC(C)C)CC(C)C. The summed E-state index contributed by atoms with van der Waals surface area (Å²) in [7, 11) is 0. The Kier molecular flexibility index (Phi) is 8.01. The number of amides is 2. The van der Waals surface area contributed by atoms with Gasteiger partial charge in [0.1, 0.15) is 0 Å². The lowest BCUT2D eigenvalue weighted by atomic mass is 10.1. The third-order valence-electron chi connectivity index (χ3n) is 2.77. The van der Waals surface area contributed by atoms with Crippen molar-refractivity contribution in [3.8, 4) is 0 Å². The fourth-order valence-electron chi connectivity index (χ4n) is 1.88. The van der Waals surface area contributed by atoms with E-state index in [-0.39, 0.29) is 6.03 Å². The molecule has 0 saturated carbocycles. The quantitative estimate of drug-likeness (QED) is 0.728. The van der Waals surface area contributed by atoms with Gasteiger partial charge in [0.05, 0.1) is 0 Å². The van der Waals surface area contributed by atoms with Crippen molar-refractivity contribution in [2.24, 2.45) is 11.8 Å². The molecule has 0 radical (unpaired) electrons. The first-order valence-electron chi connectivity index (χ1n) is 6.96. The summed E-state index contributed by atoms with van der Waals surface area (Å²) < 4.78 is 0. The number of rotatable bonds is 7. The monoisotopic (exact) mass is 242 g/mol. The van der Waals surface area contributed by atoms with Gasteiger partial charge in [-0.3, -0.25) is 0 Å². The molecule has 0 rings (SSSR count). The zero-order valence-corrected chi connectivity index (χ0v) is 12.4. The Morgan fingerprint density at radius 1 is 1.00 bits per heavy atom. The van der Waals surface area contributed by atoms with Crippen LogP contribution >= 0.6 is 0 Å². The van der Waals surface area contributed by atoms with Crippen LogP contribution in [0.2, 0.25) is 0 Å². The van der Waals surface area contributed by atoms with Crippen LogP contribution in [0.4, 0.5) is 4.79 Å². The Labute approximate surface area is 107 Å². The number of nitrogens with one attached hydrogen (secondary N) is 1. The van der Waals surface area contributed by atoms with Gasteiger partial charge in [-0.1, -0.05) is 41.5 Å². The van der Waals surface area contributed by atoms with Gasteiger partial charge < -0.3 is 10.2 Å². The van der Waals surface area contributed by atoms with E-state index in [0.717, 1.165) is 25.9 Å². The van der Waals surface area contributed by atoms with Gasteiger partial charge in [-0.2, -0.15) is 0 Å². The van der Waals surface area contributed by atoms with E-state index in [1.807, 2.05) is 4.90 Å². The number of hydrogen-bond donors (Lipinski definition) is 1. The van der Waals surface area contributed by atoms with Gasteiger partial charge in [0.2, 0.25) is 0 Å². The minimum atomic E-state index is 0.0982. The van der Waals surface area contributed by atoms with Crippen molar-refractivity contribution in [1.82, 2.24) is 10.2 Å². The first-order valence-corrected chi connectivity index (χ1v) is 6.96. The highest BCUT2D eigenvalue weighted by atomic mass is 16.2. The van der Waals surface area contributed by atoms with Crippen molar-refractivity contribution in [3.63, 3.8) is 0 Å². The topological polar surface area (TPSA) is 32.3 Å². The minimum absolute atomic E-state index is 0.0982. The Morgan fingerprint density at radius 3 is 1.71 bits per heavy atom. The first-order chi connectivity index (χ1) is 7.90. The minimum Gasteiger partial charge on any atom is -0.335 e. The van der Waals surface area contributed by atoms with Gasteiger partial charge in [0, 0.05) is 19.1 Å². The second kappa shape index (κ2) is 8.37. The second-order valence-electron chi connectivity index (χ2n) is 5.66. The number of nitrogens with zero attached hydrogens (tertiary/aromatic N) is 1. The zero-order valence-electron chi connectivity index (χ0n) is 12.4. The van der Waals surface area contributed by atoms with Crippen LogP contribution in [0, 0.1) is 11.8 Å². The molecule has 0 aromatic rings. The molecule has 0 aromatic carbocycles. The molecule has 0 bridgehead atoms. The lowest BCUT2D eigenvalue weighted by Crippen LogP contribution is -2.47. The molecule has 2 amide bonds. The van der Waals surface area contributed by atoms with Crippen LogP contribution < -0.4 is 5.32 Å². The maximum Gasteiger partial charge on any atom is 0.317 e. The molecule has 0 aliphatic heterocycles. The highest BCUT2D eigenvalue weighted by molar-refractivity contribution is 5.74. The molecule has 17 heavy (non-hydrogen) atoms. The lowest BCUT2D eigenvalue weighted by Gasteiger charge is -2.28. The third kappa shape index (κ3) is 7.24. The molecule has 0 saturated heterocycles. The van der Waals surface area contributed by atoms with Crippen LogP contribution in [0.15, 0.2) is 0 Å². The second-order valence-corrected chi connectivity index (χ2v) is 5.66. The standard InChI is InChI=1S/C14H30N2O/c1-7-13(8-2)15-14(17)16(9-11(3)4)10-12(5)6/h11-13H,7-10H2,1-6H3,(H,15,17). The highest BCUT2D eigenvalue weighted by Crippen LogP contribution is 2.06. The summed E-state index contributed by atoms with van der Waals surface area (Å²) >= 11 is 0. The molecule has 0 fully saturated rings. The van der Waals surface area contributed by atoms with Crippen molar-refractivity contribution in [1.29, 1.82) is 0 Å². The summed E-state index contributed by atoms with van der Waals surface area (Å²) in [6.45, 7) is 14.5. The van der Waals surface area contributed by atoms with Crippen LogP contribution in [-0.2, 0) is 0 Å². The first kappa shape index (κ1) is 16.3. The fraction of sp³-hybridized carbons (Fsp3) is 0.929. The average Bonchev–Trinajstić information content (AvgIpc) is 2.23. The van der Waals surface area contributed by atoms with E-state index in [0.29, 0.717) is 17.9 Å². The van der Waals surface area contributed by atoms with Crippen LogP contribution in [0.5, 0.6) is 0 Å². The molecule has 0 aliphatic rings. The smallest absolute Gasteiger partial charge is 0.317 e. The predicted molar refractivity (Wildman–Crippen MR) is 74.2 cm³/mol. The van der Waals surface area contributed by atoms with E-state index >= 15 is 0 Å². The van der Waals surface area contributed by atoms with Crippen molar-refractivity contribution < 1.29 is 4.79 Å². The van der Waals surface area contributed by atoms with Crippen molar-refractivity contribution in [3.05, 3.63) is 0 Å². The van der Waals surface area contributed by atoms with Crippen LogP contribution in [0.25, 0.3) is 0 Å². The molecule has 0 unspecified atom stereocenters. The maximum atomic E-state index is 12.2. The molecule has 0 aromatic heterocycles. The van der Waals surface area contributed by atoms with Gasteiger partial charge in [-0.15, -0.1) is 0 Å².